The zero-order chi connectivity index (χ0) is 12.9. The van der Waals surface area contributed by atoms with E-state index in [2.05, 4.69) is 10.4 Å². The average Bonchev–Trinajstić information content (AvgIpc) is 2.70. The van der Waals surface area contributed by atoms with E-state index in [1.807, 2.05) is 0 Å². The van der Waals surface area contributed by atoms with Crippen LogP contribution in [0.25, 0.3) is 0 Å². The third-order valence-corrected chi connectivity index (χ3v) is 2.24. The molecular formula is C10H16F2N4O. The smallest absolute Gasteiger partial charge is 0.277 e. The van der Waals surface area contributed by atoms with Crippen LogP contribution in [0, 0.1) is 0 Å². The fourth-order valence-electron chi connectivity index (χ4n) is 1.25. The van der Waals surface area contributed by atoms with Crippen molar-refractivity contribution in [2.24, 2.45) is 12.8 Å². The summed E-state index contributed by atoms with van der Waals surface area (Å²) in [6, 6.07) is 0. The number of carbonyl (C=O) groups excluding carboxylic acids is 1. The first-order chi connectivity index (χ1) is 7.93. The van der Waals surface area contributed by atoms with Gasteiger partial charge in [0.1, 0.15) is 0 Å². The van der Waals surface area contributed by atoms with E-state index in [1.54, 1.807) is 24.1 Å². The molecule has 0 atom stereocenters. The Morgan fingerprint density at radius 3 is 2.88 bits per heavy atom. The summed E-state index contributed by atoms with van der Waals surface area (Å²) in [5.74, 6) is -3.45. The van der Waals surface area contributed by atoms with E-state index in [1.165, 1.54) is 0 Å². The predicted octanol–water partition coefficient (Wildman–Crippen LogP) is 0.0629. The van der Waals surface area contributed by atoms with Crippen molar-refractivity contribution < 1.29 is 13.6 Å². The number of carbonyl (C=O) groups is 1. The van der Waals surface area contributed by atoms with Gasteiger partial charge in [-0.15, -0.1) is 0 Å². The number of aryl methyl sites for hydroxylation is 2. The topological polar surface area (TPSA) is 72.9 Å². The number of alkyl halides is 2. The van der Waals surface area contributed by atoms with Gasteiger partial charge in [0.15, 0.2) is 0 Å². The van der Waals surface area contributed by atoms with Crippen molar-refractivity contribution in [1.29, 1.82) is 0 Å². The molecule has 0 saturated heterocycles. The molecule has 7 heteroatoms. The Balaban J connectivity index is 2.26. The van der Waals surface area contributed by atoms with Crippen LogP contribution in [0.2, 0.25) is 0 Å². The molecule has 1 rings (SSSR count). The lowest BCUT2D eigenvalue weighted by molar-refractivity contribution is -0.122. The maximum Gasteiger partial charge on any atom is 0.277 e. The van der Waals surface area contributed by atoms with E-state index in [-0.39, 0.29) is 6.42 Å². The minimum Gasteiger partial charge on any atom is -0.350 e. The van der Waals surface area contributed by atoms with Gasteiger partial charge in [-0.2, -0.15) is 5.10 Å². The molecule has 0 aliphatic carbocycles. The van der Waals surface area contributed by atoms with Crippen LogP contribution < -0.4 is 11.1 Å². The predicted molar refractivity (Wildman–Crippen MR) is 58.5 cm³/mol. The Morgan fingerprint density at radius 2 is 2.35 bits per heavy atom. The molecule has 0 fully saturated rings. The van der Waals surface area contributed by atoms with Crippen molar-refractivity contribution >= 4 is 5.91 Å². The van der Waals surface area contributed by atoms with Crippen LogP contribution in [0.15, 0.2) is 12.4 Å². The lowest BCUT2D eigenvalue weighted by atomic mass is 10.2. The third-order valence-electron chi connectivity index (χ3n) is 2.24. The van der Waals surface area contributed by atoms with Gasteiger partial charge in [-0.25, -0.2) is 8.78 Å². The maximum atomic E-state index is 12.7. The van der Waals surface area contributed by atoms with Crippen LogP contribution in [0.4, 0.5) is 8.78 Å². The number of aromatic nitrogens is 2. The van der Waals surface area contributed by atoms with Crippen LogP contribution in [0.5, 0.6) is 0 Å². The highest BCUT2D eigenvalue weighted by Gasteiger charge is 2.26. The zero-order valence-electron chi connectivity index (χ0n) is 9.62. The number of hydrogen-bond donors (Lipinski definition) is 2. The Kier molecular flexibility index (Phi) is 4.56. The molecule has 0 spiro atoms. The van der Waals surface area contributed by atoms with E-state index < -0.39 is 24.9 Å². The van der Waals surface area contributed by atoms with Crippen molar-refractivity contribution in [2.75, 3.05) is 13.1 Å². The number of halogens is 2. The third kappa shape index (κ3) is 4.90. The van der Waals surface area contributed by atoms with Crippen molar-refractivity contribution in [3.63, 3.8) is 0 Å². The van der Waals surface area contributed by atoms with Crippen LogP contribution in [-0.2, 0) is 18.3 Å². The van der Waals surface area contributed by atoms with Crippen molar-refractivity contribution in [3.8, 4) is 0 Å². The largest absolute Gasteiger partial charge is 0.350 e. The summed E-state index contributed by atoms with van der Waals surface area (Å²) >= 11 is 0. The number of nitrogens with two attached hydrogens (primary N) is 1. The molecule has 0 aliphatic heterocycles. The molecular weight excluding hydrogens is 230 g/mol. The quantitative estimate of drug-likeness (QED) is 0.745. The van der Waals surface area contributed by atoms with Gasteiger partial charge in [-0.3, -0.25) is 9.48 Å². The summed E-state index contributed by atoms with van der Waals surface area (Å²) in [7, 11) is 1.77. The second-order valence-corrected chi connectivity index (χ2v) is 3.86. The summed E-state index contributed by atoms with van der Waals surface area (Å²) in [5, 5.41) is 6.10. The molecule has 1 heterocycles. The molecule has 0 bridgehead atoms. The van der Waals surface area contributed by atoms with Crippen LogP contribution in [-0.4, -0.2) is 34.7 Å². The van der Waals surface area contributed by atoms with E-state index in [9.17, 15) is 13.6 Å². The first kappa shape index (κ1) is 13.6. The average molecular weight is 246 g/mol. The molecule has 5 nitrogen and oxygen atoms in total. The van der Waals surface area contributed by atoms with Gasteiger partial charge in [-0.1, -0.05) is 0 Å². The number of nitrogens with zero attached hydrogens (tertiary/aromatic N) is 2. The highest BCUT2D eigenvalue weighted by Crippen LogP contribution is 2.09. The van der Waals surface area contributed by atoms with Crippen LogP contribution in [0.1, 0.15) is 12.0 Å². The second-order valence-electron chi connectivity index (χ2n) is 3.86. The van der Waals surface area contributed by atoms with Gasteiger partial charge in [0, 0.05) is 19.7 Å². The first-order valence-corrected chi connectivity index (χ1v) is 5.25. The normalized spacial score (nSPS) is 11.5. The molecule has 0 aromatic carbocycles. The summed E-state index contributed by atoms with van der Waals surface area (Å²) in [5.41, 5.74) is 5.74. The SMILES string of the molecule is Cn1cc(CCC(=O)NCC(F)(F)CN)cn1. The molecule has 0 unspecified atom stereocenters. The monoisotopic (exact) mass is 246 g/mol. The Morgan fingerprint density at radius 1 is 1.65 bits per heavy atom. The molecule has 0 aliphatic rings. The van der Waals surface area contributed by atoms with Gasteiger partial charge in [0.05, 0.1) is 19.3 Å². The van der Waals surface area contributed by atoms with Crippen molar-refractivity contribution in [3.05, 3.63) is 18.0 Å². The van der Waals surface area contributed by atoms with Crippen molar-refractivity contribution in [2.45, 2.75) is 18.8 Å². The van der Waals surface area contributed by atoms with Gasteiger partial charge in [0.2, 0.25) is 5.91 Å². The summed E-state index contributed by atoms with van der Waals surface area (Å²) in [4.78, 5) is 11.3. The molecule has 0 saturated carbocycles. The van der Waals surface area contributed by atoms with Gasteiger partial charge < -0.3 is 11.1 Å². The van der Waals surface area contributed by atoms with Gasteiger partial charge in [0.25, 0.3) is 5.92 Å². The molecule has 3 N–H and O–H groups in total. The Bertz CT molecular complexity index is 378. The summed E-state index contributed by atoms with van der Waals surface area (Å²) < 4.78 is 27.1. The fourth-order valence-corrected chi connectivity index (χ4v) is 1.25. The lowest BCUT2D eigenvalue weighted by Crippen LogP contribution is -2.41. The minimum absolute atomic E-state index is 0.159. The second kappa shape index (κ2) is 5.72. The number of hydrogen-bond acceptors (Lipinski definition) is 3. The molecule has 17 heavy (non-hydrogen) atoms. The van der Waals surface area contributed by atoms with E-state index in [0.717, 1.165) is 5.56 Å². The molecule has 1 aromatic heterocycles. The number of nitrogens with one attached hydrogen (secondary N) is 1. The van der Waals surface area contributed by atoms with Crippen molar-refractivity contribution in [1.82, 2.24) is 15.1 Å². The lowest BCUT2D eigenvalue weighted by Gasteiger charge is -2.14. The fraction of sp³-hybridized carbons (Fsp3) is 0.600. The van der Waals surface area contributed by atoms with Gasteiger partial charge in [-0.05, 0) is 12.0 Å². The van der Waals surface area contributed by atoms with Crippen LogP contribution in [0.3, 0.4) is 0 Å². The molecule has 96 valence electrons. The molecule has 1 aromatic rings. The van der Waals surface area contributed by atoms with Gasteiger partial charge >= 0.3 is 0 Å². The maximum absolute atomic E-state index is 12.7. The Hall–Kier alpha value is -1.50. The summed E-state index contributed by atoms with van der Waals surface area (Å²) in [6.07, 6.45) is 4.06. The Labute approximate surface area is 98.0 Å². The minimum atomic E-state index is -3.04. The molecule has 0 radical (unpaired) electrons. The van der Waals surface area contributed by atoms with E-state index in [0.29, 0.717) is 6.42 Å². The first-order valence-electron chi connectivity index (χ1n) is 5.25. The zero-order valence-corrected chi connectivity index (χ0v) is 9.62. The number of amides is 1. The number of rotatable bonds is 6. The van der Waals surface area contributed by atoms with E-state index >= 15 is 0 Å². The highest BCUT2D eigenvalue weighted by molar-refractivity contribution is 5.76. The molecule has 1 amide bonds. The van der Waals surface area contributed by atoms with Crippen LogP contribution >= 0.6 is 0 Å². The van der Waals surface area contributed by atoms with E-state index in [4.69, 9.17) is 5.73 Å². The standard InChI is InChI=1S/C10H16F2N4O/c1-16-5-8(4-15-16)2-3-9(17)14-7-10(11,12)6-13/h4-5H,2-3,6-7,13H2,1H3,(H,14,17). The summed E-state index contributed by atoms with van der Waals surface area (Å²) in [6.45, 7) is -1.48. The highest BCUT2D eigenvalue weighted by atomic mass is 19.3.